The number of hydrogen-bond donors (Lipinski definition) is 4. The van der Waals surface area contributed by atoms with E-state index in [0.29, 0.717) is 18.8 Å². The summed E-state index contributed by atoms with van der Waals surface area (Å²) in [6.45, 7) is 8.85. The van der Waals surface area contributed by atoms with Crippen LogP contribution in [0.25, 0.3) is 16.5 Å². The number of nitrogens with two attached hydrogens (primary N) is 2. The van der Waals surface area contributed by atoms with Gasteiger partial charge in [0.05, 0.1) is 17.4 Å². The molecule has 0 aromatic heterocycles. The van der Waals surface area contributed by atoms with E-state index < -0.39 is 0 Å². The van der Waals surface area contributed by atoms with Gasteiger partial charge in [0, 0.05) is 24.3 Å². The van der Waals surface area contributed by atoms with Crippen molar-refractivity contribution in [3.63, 3.8) is 0 Å². The summed E-state index contributed by atoms with van der Waals surface area (Å²) in [4.78, 5) is 0. The molecule has 118 valence electrons. The standard InChI is InChI=1S/C19H22N4/c1-3-10-22-14-9-8-12-6-5-7-13-15(12)16(14)19(23-11-4-2)18(21)17(13)20/h3-9,17,22-23H,1-2,10-11,20-21H2. The Morgan fingerprint density at radius 3 is 2.52 bits per heavy atom. The van der Waals surface area contributed by atoms with Gasteiger partial charge in [-0.25, -0.2) is 0 Å². The average molecular weight is 306 g/mol. The molecular weight excluding hydrogens is 284 g/mol. The van der Waals surface area contributed by atoms with Crippen LogP contribution in [-0.4, -0.2) is 13.1 Å². The van der Waals surface area contributed by atoms with Crippen molar-refractivity contribution in [2.24, 2.45) is 11.5 Å². The van der Waals surface area contributed by atoms with Crippen molar-refractivity contribution in [3.8, 4) is 0 Å². The monoisotopic (exact) mass is 306 g/mol. The zero-order chi connectivity index (χ0) is 16.4. The molecule has 1 aliphatic carbocycles. The van der Waals surface area contributed by atoms with Gasteiger partial charge in [-0.2, -0.15) is 0 Å². The van der Waals surface area contributed by atoms with E-state index in [-0.39, 0.29) is 6.04 Å². The minimum atomic E-state index is -0.312. The van der Waals surface area contributed by atoms with Crippen LogP contribution in [0.15, 0.2) is 61.3 Å². The number of anilines is 1. The summed E-state index contributed by atoms with van der Waals surface area (Å²) in [6, 6.07) is 10.0. The lowest BCUT2D eigenvalue weighted by Gasteiger charge is -2.29. The van der Waals surface area contributed by atoms with Gasteiger partial charge in [-0.3, -0.25) is 0 Å². The smallest absolute Gasteiger partial charge is 0.0726 e. The molecule has 0 fully saturated rings. The Balaban J connectivity index is 2.29. The molecule has 2 aromatic carbocycles. The highest BCUT2D eigenvalue weighted by Crippen LogP contribution is 2.41. The van der Waals surface area contributed by atoms with Gasteiger partial charge in [-0.15, -0.1) is 13.2 Å². The first-order valence-corrected chi connectivity index (χ1v) is 7.69. The molecule has 0 spiro atoms. The van der Waals surface area contributed by atoms with Crippen molar-refractivity contribution >= 4 is 22.2 Å². The van der Waals surface area contributed by atoms with Crippen LogP contribution >= 0.6 is 0 Å². The van der Waals surface area contributed by atoms with Gasteiger partial charge >= 0.3 is 0 Å². The molecular formula is C19H22N4. The van der Waals surface area contributed by atoms with Crippen molar-refractivity contribution in [1.82, 2.24) is 5.32 Å². The summed E-state index contributed by atoms with van der Waals surface area (Å²) >= 11 is 0. The Hall–Kier alpha value is -2.72. The van der Waals surface area contributed by atoms with Crippen molar-refractivity contribution in [1.29, 1.82) is 0 Å². The Kier molecular flexibility index (Phi) is 4.08. The van der Waals surface area contributed by atoms with Gasteiger partial charge in [0.2, 0.25) is 0 Å². The molecule has 23 heavy (non-hydrogen) atoms. The molecule has 0 bridgehead atoms. The van der Waals surface area contributed by atoms with Crippen LogP contribution in [0.1, 0.15) is 17.2 Å². The van der Waals surface area contributed by atoms with Crippen LogP contribution in [-0.2, 0) is 0 Å². The lowest BCUT2D eigenvalue weighted by molar-refractivity contribution is 0.817. The molecule has 4 heteroatoms. The highest BCUT2D eigenvalue weighted by atomic mass is 14.9. The van der Waals surface area contributed by atoms with Crippen molar-refractivity contribution < 1.29 is 0 Å². The molecule has 1 atom stereocenters. The Morgan fingerprint density at radius 2 is 1.78 bits per heavy atom. The lowest BCUT2D eigenvalue weighted by Crippen LogP contribution is -2.29. The summed E-state index contributed by atoms with van der Waals surface area (Å²) in [7, 11) is 0. The molecule has 1 aliphatic rings. The average Bonchev–Trinajstić information content (AvgIpc) is 2.58. The van der Waals surface area contributed by atoms with Crippen LogP contribution in [0.4, 0.5) is 5.69 Å². The van der Waals surface area contributed by atoms with E-state index in [1.807, 2.05) is 24.3 Å². The molecule has 0 radical (unpaired) electrons. The molecule has 0 heterocycles. The molecule has 0 amide bonds. The molecule has 0 saturated heterocycles. The summed E-state index contributed by atoms with van der Waals surface area (Å²) in [5.74, 6) is 0. The van der Waals surface area contributed by atoms with E-state index in [2.05, 4.69) is 42.0 Å². The third kappa shape index (κ3) is 2.47. The third-order valence-electron chi connectivity index (χ3n) is 4.15. The first kappa shape index (κ1) is 15.2. The Bertz CT molecular complexity index is 804. The normalized spacial score (nSPS) is 16.3. The predicted molar refractivity (Wildman–Crippen MR) is 98.9 cm³/mol. The maximum absolute atomic E-state index is 6.38. The fraction of sp³-hybridized carbons (Fsp3) is 0.158. The second kappa shape index (κ2) is 6.18. The highest BCUT2D eigenvalue weighted by molar-refractivity contribution is 6.03. The third-order valence-corrected chi connectivity index (χ3v) is 4.15. The van der Waals surface area contributed by atoms with Crippen LogP contribution in [0.5, 0.6) is 0 Å². The second-order valence-electron chi connectivity index (χ2n) is 5.58. The molecule has 2 aromatic rings. The summed E-state index contributed by atoms with van der Waals surface area (Å²) in [5.41, 5.74) is 17.4. The van der Waals surface area contributed by atoms with E-state index >= 15 is 0 Å². The maximum Gasteiger partial charge on any atom is 0.0726 e. The molecule has 1 unspecified atom stereocenters. The van der Waals surface area contributed by atoms with Gasteiger partial charge in [0.25, 0.3) is 0 Å². The summed E-state index contributed by atoms with van der Waals surface area (Å²) in [6.07, 6.45) is 3.64. The predicted octanol–water partition coefficient (Wildman–Crippen LogP) is 2.85. The number of rotatable bonds is 6. The fourth-order valence-corrected chi connectivity index (χ4v) is 3.09. The molecule has 6 N–H and O–H groups in total. The Labute approximate surface area is 136 Å². The van der Waals surface area contributed by atoms with Gasteiger partial charge < -0.3 is 22.1 Å². The maximum atomic E-state index is 6.38. The minimum Gasteiger partial charge on any atom is -0.399 e. The molecule has 4 nitrogen and oxygen atoms in total. The molecule has 0 aliphatic heterocycles. The van der Waals surface area contributed by atoms with Crippen LogP contribution in [0.3, 0.4) is 0 Å². The highest BCUT2D eigenvalue weighted by Gasteiger charge is 2.27. The van der Waals surface area contributed by atoms with E-state index in [1.54, 1.807) is 0 Å². The molecule has 3 rings (SSSR count). The van der Waals surface area contributed by atoms with Crippen molar-refractivity contribution in [2.75, 3.05) is 18.4 Å². The van der Waals surface area contributed by atoms with Crippen molar-refractivity contribution in [2.45, 2.75) is 6.04 Å². The lowest BCUT2D eigenvalue weighted by atomic mass is 9.85. The molecule has 0 saturated carbocycles. The van der Waals surface area contributed by atoms with E-state index in [1.165, 1.54) is 0 Å². The summed E-state index contributed by atoms with van der Waals surface area (Å²) < 4.78 is 0. The topological polar surface area (TPSA) is 76.1 Å². The van der Waals surface area contributed by atoms with E-state index in [4.69, 9.17) is 11.5 Å². The number of hydrogen-bond acceptors (Lipinski definition) is 4. The van der Waals surface area contributed by atoms with Gasteiger partial charge in [-0.1, -0.05) is 36.4 Å². The minimum absolute atomic E-state index is 0.312. The largest absolute Gasteiger partial charge is 0.399 e. The second-order valence-corrected chi connectivity index (χ2v) is 5.58. The van der Waals surface area contributed by atoms with Crippen LogP contribution in [0, 0.1) is 0 Å². The Morgan fingerprint density at radius 1 is 1.04 bits per heavy atom. The number of nitrogens with one attached hydrogen (secondary N) is 2. The quantitative estimate of drug-likeness (QED) is 0.619. The van der Waals surface area contributed by atoms with Gasteiger partial charge in [0.1, 0.15) is 0 Å². The van der Waals surface area contributed by atoms with E-state index in [9.17, 15) is 0 Å². The first-order chi connectivity index (χ1) is 11.2. The van der Waals surface area contributed by atoms with Crippen molar-refractivity contribution in [3.05, 3.63) is 72.5 Å². The van der Waals surface area contributed by atoms with Crippen LogP contribution < -0.4 is 22.1 Å². The zero-order valence-electron chi connectivity index (χ0n) is 13.1. The van der Waals surface area contributed by atoms with Crippen LogP contribution in [0.2, 0.25) is 0 Å². The SMILES string of the molecule is C=CCNC1=C(N)C(N)c2cccc3ccc(NCC=C)c1c23. The number of benzene rings is 2. The fourth-order valence-electron chi connectivity index (χ4n) is 3.09. The van der Waals surface area contributed by atoms with Gasteiger partial charge in [-0.05, 0) is 22.4 Å². The zero-order valence-corrected chi connectivity index (χ0v) is 13.1. The first-order valence-electron chi connectivity index (χ1n) is 7.69. The van der Waals surface area contributed by atoms with Gasteiger partial charge in [0.15, 0.2) is 0 Å². The van der Waals surface area contributed by atoms with E-state index in [0.717, 1.165) is 33.3 Å². The summed E-state index contributed by atoms with van der Waals surface area (Å²) in [5, 5.41) is 9.06.